The van der Waals surface area contributed by atoms with Crippen molar-refractivity contribution in [2.75, 3.05) is 0 Å². The monoisotopic (exact) mass is 664 g/mol. The molecule has 5 heteroatoms. The van der Waals surface area contributed by atoms with Crippen LogP contribution in [0, 0.1) is 0 Å². The maximum absolute atomic E-state index is 5.50. The number of benzene rings is 8. The molecule has 0 atom stereocenters. The summed E-state index contributed by atoms with van der Waals surface area (Å²) in [4.78, 5) is 10.9. The molecule has 0 unspecified atom stereocenters. The fourth-order valence-electron chi connectivity index (χ4n) is 9.09. The van der Waals surface area contributed by atoms with E-state index < -0.39 is 0 Å². The SMILES string of the molecule is c1ccc2nc(-n3c4ccc5ccc6cccc7c6c5c4c4c3ccc3c5ccccc5n7c34)c(-c3ccc4sc5ccccc5c4c3)nc2c1. The van der Waals surface area contributed by atoms with Crippen LogP contribution < -0.4 is 0 Å². The summed E-state index contributed by atoms with van der Waals surface area (Å²) >= 11 is 1.84. The summed E-state index contributed by atoms with van der Waals surface area (Å²) in [5.41, 5.74) is 9.67. The maximum Gasteiger partial charge on any atom is 0.165 e. The van der Waals surface area contributed by atoms with Crippen molar-refractivity contribution in [1.82, 2.24) is 18.9 Å². The third-order valence-electron chi connectivity index (χ3n) is 11.2. The molecule has 51 heavy (non-hydrogen) atoms. The zero-order chi connectivity index (χ0) is 32.9. The highest BCUT2D eigenvalue weighted by Gasteiger charge is 2.26. The van der Waals surface area contributed by atoms with Crippen molar-refractivity contribution < 1.29 is 0 Å². The number of aromatic nitrogens is 4. The molecule has 0 amide bonds. The van der Waals surface area contributed by atoms with Gasteiger partial charge in [-0.05, 0) is 65.4 Å². The molecule has 13 aromatic rings. The quantitative estimate of drug-likeness (QED) is 0.172. The molecule has 0 N–H and O–H groups in total. The minimum atomic E-state index is 0.843. The van der Waals surface area contributed by atoms with Gasteiger partial charge in [0.1, 0.15) is 5.69 Å². The highest BCUT2D eigenvalue weighted by Crippen LogP contribution is 2.48. The van der Waals surface area contributed by atoms with E-state index in [1.165, 1.54) is 79.8 Å². The molecule has 0 spiro atoms. The molecule has 0 fully saturated rings. The molecular weight excluding hydrogens is 641 g/mol. The molecular formula is C46H24N4S. The Labute approximate surface area is 293 Å². The second-order valence-electron chi connectivity index (χ2n) is 13.7. The van der Waals surface area contributed by atoms with Crippen molar-refractivity contribution in [2.45, 2.75) is 0 Å². The molecule has 0 radical (unpaired) electrons. The third kappa shape index (κ3) is 3.21. The lowest BCUT2D eigenvalue weighted by Gasteiger charge is -2.15. The Morgan fingerprint density at radius 2 is 1.14 bits per heavy atom. The van der Waals surface area contributed by atoms with Crippen molar-refractivity contribution in [3.8, 4) is 17.1 Å². The lowest BCUT2D eigenvalue weighted by atomic mass is 9.97. The van der Waals surface area contributed by atoms with Crippen molar-refractivity contribution in [2.24, 2.45) is 0 Å². The van der Waals surface area contributed by atoms with Gasteiger partial charge in [0.15, 0.2) is 5.82 Å². The fourth-order valence-corrected chi connectivity index (χ4v) is 10.2. The number of fused-ring (bicyclic) bond motifs is 8. The molecule has 0 saturated heterocycles. The molecule has 234 valence electrons. The molecule has 8 aromatic carbocycles. The normalized spacial score (nSPS) is 12.7. The van der Waals surface area contributed by atoms with E-state index in [1.807, 2.05) is 17.4 Å². The van der Waals surface area contributed by atoms with Gasteiger partial charge in [-0.2, -0.15) is 0 Å². The zero-order valence-corrected chi connectivity index (χ0v) is 27.9. The Kier molecular flexibility index (Phi) is 4.73. The average Bonchev–Trinajstić information content (AvgIpc) is 3.81. The van der Waals surface area contributed by atoms with Crippen LogP contribution in [0.5, 0.6) is 0 Å². The van der Waals surface area contributed by atoms with E-state index in [2.05, 4.69) is 148 Å². The second kappa shape index (κ2) is 9.16. The Morgan fingerprint density at radius 1 is 0.431 bits per heavy atom. The Balaban J connectivity index is 1.26. The van der Waals surface area contributed by atoms with Crippen LogP contribution in [0.4, 0.5) is 0 Å². The van der Waals surface area contributed by atoms with Gasteiger partial charge in [0.05, 0.1) is 38.6 Å². The molecule has 0 aliphatic rings. The number of thiophene rings is 1. The van der Waals surface area contributed by atoms with Gasteiger partial charge in [-0.3, -0.25) is 4.57 Å². The predicted octanol–water partition coefficient (Wildman–Crippen LogP) is 12.5. The molecule has 5 aromatic heterocycles. The Hall–Kier alpha value is -6.56. The van der Waals surface area contributed by atoms with E-state index in [0.29, 0.717) is 0 Å². The number of hydrogen-bond acceptors (Lipinski definition) is 3. The summed E-state index contributed by atoms with van der Waals surface area (Å²) in [7, 11) is 0. The summed E-state index contributed by atoms with van der Waals surface area (Å²) in [5, 5.41) is 12.7. The summed E-state index contributed by atoms with van der Waals surface area (Å²) in [6.07, 6.45) is 0. The van der Waals surface area contributed by atoms with Gasteiger partial charge in [0.25, 0.3) is 0 Å². The van der Waals surface area contributed by atoms with Crippen LogP contribution in [-0.4, -0.2) is 18.9 Å². The molecule has 0 aliphatic carbocycles. The largest absolute Gasteiger partial charge is 0.308 e. The minimum Gasteiger partial charge on any atom is -0.308 e. The number of rotatable bonds is 2. The topological polar surface area (TPSA) is 35.1 Å². The number of hydrogen-bond donors (Lipinski definition) is 0. The van der Waals surface area contributed by atoms with Gasteiger partial charge in [0, 0.05) is 58.1 Å². The van der Waals surface area contributed by atoms with Crippen LogP contribution in [0.15, 0.2) is 146 Å². The number of para-hydroxylation sites is 3. The number of nitrogens with zero attached hydrogens (tertiary/aromatic N) is 4. The van der Waals surface area contributed by atoms with Gasteiger partial charge in [-0.25, -0.2) is 9.97 Å². The second-order valence-corrected chi connectivity index (χ2v) is 14.8. The van der Waals surface area contributed by atoms with Crippen molar-refractivity contribution in [3.05, 3.63) is 146 Å². The summed E-state index contributed by atoms with van der Waals surface area (Å²) in [5.74, 6) is 0.843. The Bertz CT molecular complexity index is 3600. The smallest absolute Gasteiger partial charge is 0.165 e. The van der Waals surface area contributed by atoms with Gasteiger partial charge in [0.2, 0.25) is 0 Å². The molecule has 0 bridgehead atoms. The van der Waals surface area contributed by atoms with E-state index in [0.717, 1.165) is 39.1 Å². The zero-order valence-electron chi connectivity index (χ0n) is 27.1. The summed E-state index contributed by atoms with van der Waals surface area (Å²) in [6, 6.07) is 53.1. The Morgan fingerprint density at radius 3 is 2.06 bits per heavy atom. The van der Waals surface area contributed by atoms with Gasteiger partial charge < -0.3 is 4.40 Å². The fraction of sp³-hybridized carbons (Fsp3) is 0. The van der Waals surface area contributed by atoms with Crippen LogP contribution in [-0.2, 0) is 0 Å². The molecule has 4 nitrogen and oxygen atoms in total. The van der Waals surface area contributed by atoms with Crippen LogP contribution in [0.25, 0.3) is 119 Å². The third-order valence-corrected chi connectivity index (χ3v) is 12.3. The first-order valence-electron chi connectivity index (χ1n) is 17.3. The lowest BCUT2D eigenvalue weighted by molar-refractivity contribution is 1.08. The first-order valence-corrected chi connectivity index (χ1v) is 18.2. The minimum absolute atomic E-state index is 0.843. The first-order chi connectivity index (χ1) is 25.3. The standard InChI is InChI=1S/C46H24N4S/c1-5-13-34-28(9-1)30-20-22-37-43-42-36(21-18-26-17-16-25-8-7-14-35(40(25)41(26)42)49(34)45(30)43)50(37)46-44(47-32-11-3-4-12-33(32)48-46)27-19-23-39-31(24-27)29-10-2-6-15-38(29)51-39/h1-24H. The lowest BCUT2D eigenvalue weighted by Crippen LogP contribution is -2.03. The van der Waals surface area contributed by atoms with Crippen molar-refractivity contribution in [3.63, 3.8) is 0 Å². The molecule has 0 saturated carbocycles. The van der Waals surface area contributed by atoms with Gasteiger partial charge in [-0.1, -0.05) is 91.0 Å². The predicted molar refractivity (Wildman–Crippen MR) is 216 cm³/mol. The van der Waals surface area contributed by atoms with E-state index in [4.69, 9.17) is 9.97 Å². The van der Waals surface area contributed by atoms with Crippen LogP contribution in [0.1, 0.15) is 0 Å². The summed E-state index contributed by atoms with van der Waals surface area (Å²) in [6.45, 7) is 0. The molecule has 5 heterocycles. The summed E-state index contributed by atoms with van der Waals surface area (Å²) < 4.78 is 7.48. The molecule has 13 rings (SSSR count). The first kappa shape index (κ1) is 26.3. The van der Waals surface area contributed by atoms with Crippen molar-refractivity contribution >= 4 is 113 Å². The molecule has 0 aliphatic heterocycles. The van der Waals surface area contributed by atoms with Crippen molar-refractivity contribution in [1.29, 1.82) is 0 Å². The van der Waals surface area contributed by atoms with E-state index >= 15 is 0 Å². The highest BCUT2D eigenvalue weighted by molar-refractivity contribution is 7.25. The van der Waals surface area contributed by atoms with E-state index in [9.17, 15) is 0 Å². The average molecular weight is 665 g/mol. The van der Waals surface area contributed by atoms with E-state index in [1.54, 1.807) is 0 Å². The van der Waals surface area contributed by atoms with Crippen LogP contribution in [0.3, 0.4) is 0 Å². The van der Waals surface area contributed by atoms with E-state index in [-0.39, 0.29) is 0 Å². The van der Waals surface area contributed by atoms with Crippen LogP contribution >= 0.6 is 11.3 Å². The highest BCUT2D eigenvalue weighted by atomic mass is 32.1. The van der Waals surface area contributed by atoms with Gasteiger partial charge in [-0.15, -0.1) is 11.3 Å². The maximum atomic E-state index is 5.50. The van der Waals surface area contributed by atoms with Gasteiger partial charge >= 0.3 is 0 Å². The van der Waals surface area contributed by atoms with Crippen LogP contribution in [0.2, 0.25) is 0 Å².